The summed E-state index contributed by atoms with van der Waals surface area (Å²) in [7, 11) is 0. The number of aliphatic hydroxyl groups is 1. The van der Waals surface area contributed by atoms with Gasteiger partial charge in [-0.3, -0.25) is 0 Å². The molecule has 0 bridgehead atoms. The Bertz CT molecular complexity index is 245. The van der Waals surface area contributed by atoms with E-state index in [1.807, 2.05) is 6.92 Å². The number of alkyl halides is 2. The van der Waals surface area contributed by atoms with Gasteiger partial charge < -0.3 is 9.52 Å². The van der Waals surface area contributed by atoms with Gasteiger partial charge in [-0.1, -0.05) is 6.92 Å². The van der Waals surface area contributed by atoms with Crippen molar-refractivity contribution >= 4 is 0 Å². The first kappa shape index (κ1) is 9.19. The number of aliphatic hydroxyl groups excluding tert-OH is 1. The standard InChI is InChI=1S/C8H10F2O2/c1-2-5-3-4-6(12-5)7(11)8(9)10/h3-4,7-8,11H,2H2,1H3. The van der Waals surface area contributed by atoms with Gasteiger partial charge in [0.1, 0.15) is 11.5 Å². The van der Waals surface area contributed by atoms with E-state index in [1.165, 1.54) is 6.07 Å². The zero-order chi connectivity index (χ0) is 9.14. The third-order valence-corrected chi connectivity index (χ3v) is 1.56. The fraction of sp³-hybridized carbons (Fsp3) is 0.500. The van der Waals surface area contributed by atoms with Crippen LogP contribution in [0.5, 0.6) is 0 Å². The summed E-state index contributed by atoms with van der Waals surface area (Å²) < 4.78 is 28.8. The molecule has 0 radical (unpaired) electrons. The highest BCUT2D eigenvalue weighted by atomic mass is 19.3. The van der Waals surface area contributed by atoms with Crippen LogP contribution >= 0.6 is 0 Å². The van der Waals surface area contributed by atoms with Gasteiger partial charge in [0.05, 0.1) is 0 Å². The SMILES string of the molecule is CCc1ccc(C(O)C(F)F)o1. The maximum absolute atomic E-state index is 11.9. The van der Waals surface area contributed by atoms with Crippen LogP contribution in [0.25, 0.3) is 0 Å². The van der Waals surface area contributed by atoms with Gasteiger partial charge >= 0.3 is 0 Å². The van der Waals surface area contributed by atoms with Crippen molar-refractivity contribution in [2.45, 2.75) is 25.9 Å². The molecule has 0 fully saturated rings. The van der Waals surface area contributed by atoms with Crippen LogP contribution in [0.15, 0.2) is 16.5 Å². The van der Waals surface area contributed by atoms with E-state index in [1.54, 1.807) is 6.07 Å². The highest BCUT2D eigenvalue weighted by Gasteiger charge is 2.22. The van der Waals surface area contributed by atoms with E-state index in [2.05, 4.69) is 0 Å². The largest absolute Gasteiger partial charge is 0.463 e. The van der Waals surface area contributed by atoms with Crippen molar-refractivity contribution in [3.63, 3.8) is 0 Å². The fourth-order valence-corrected chi connectivity index (χ4v) is 0.868. The molecule has 1 aromatic heterocycles. The minimum Gasteiger partial charge on any atom is -0.463 e. The Hall–Kier alpha value is -0.900. The Morgan fingerprint density at radius 1 is 1.50 bits per heavy atom. The topological polar surface area (TPSA) is 33.4 Å². The van der Waals surface area contributed by atoms with E-state index < -0.39 is 12.5 Å². The van der Waals surface area contributed by atoms with Crippen molar-refractivity contribution in [1.29, 1.82) is 0 Å². The minimum atomic E-state index is -2.79. The van der Waals surface area contributed by atoms with Crippen LogP contribution < -0.4 is 0 Å². The van der Waals surface area contributed by atoms with Gasteiger partial charge in [-0.15, -0.1) is 0 Å². The number of furan rings is 1. The molecule has 4 heteroatoms. The lowest BCUT2D eigenvalue weighted by atomic mass is 10.3. The Labute approximate surface area is 68.8 Å². The molecule has 0 saturated heterocycles. The van der Waals surface area contributed by atoms with E-state index in [4.69, 9.17) is 9.52 Å². The molecule has 1 atom stereocenters. The first-order chi connectivity index (χ1) is 5.65. The number of rotatable bonds is 3. The molecule has 0 aliphatic rings. The minimum absolute atomic E-state index is 0.0677. The molecule has 1 heterocycles. The fourth-order valence-electron chi connectivity index (χ4n) is 0.868. The third kappa shape index (κ3) is 1.82. The second-order valence-electron chi connectivity index (χ2n) is 2.44. The first-order valence-electron chi connectivity index (χ1n) is 3.70. The van der Waals surface area contributed by atoms with Gasteiger partial charge in [0.25, 0.3) is 6.43 Å². The molecule has 1 rings (SSSR count). The highest BCUT2D eigenvalue weighted by Crippen LogP contribution is 2.22. The molecule has 1 aromatic rings. The molecule has 0 spiro atoms. The number of hydrogen-bond donors (Lipinski definition) is 1. The third-order valence-electron chi connectivity index (χ3n) is 1.56. The van der Waals surface area contributed by atoms with Crippen molar-refractivity contribution in [3.05, 3.63) is 23.7 Å². The van der Waals surface area contributed by atoms with E-state index in [0.717, 1.165) is 0 Å². The molecule has 0 saturated carbocycles. The van der Waals surface area contributed by atoms with Crippen molar-refractivity contribution in [2.24, 2.45) is 0 Å². The Morgan fingerprint density at radius 3 is 2.58 bits per heavy atom. The Balaban J connectivity index is 2.74. The van der Waals surface area contributed by atoms with Crippen LogP contribution in [0, 0.1) is 0 Å². The van der Waals surface area contributed by atoms with Gasteiger partial charge in [0.2, 0.25) is 0 Å². The van der Waals surface area contributed by atoms with Crippen LogP contribution in [-0.4, -0.2) is 11.5 Å². The van der Waals surface area contributed by atoms with Crippen LogP contribution in [0.1, 0.15) is 24.5 Å². The average Bonchev–Trinajstić information content (AvgIpc) is 2.50. The monoisotopic (exact) mass is 176 g/mol. The van der Waals surface area contributed by atoms with Crippen molar-refractivity contribution in [3.8, 4) is 0 Å². The van der Waals surface area contributed by atoms with Crippen molar-refractivity contribution in [1.82, 2.24) is 0 Å². The number of hydrogen-bond acceptors (Lipinski definition) is 2. The van der Waals surface area contributed by atoms with E-state index in [0.29, 0.717) is 12.2 Å². The van der Waals surface area contributed by atoms with E-state index in [-0.39, 0.29) is 5.76 Å². The second-order valence-corrected chi connectivity index (χ2v) is 2.44. The van der Waals surface area contributed by atoms with Gasteiger partial charge in [-0.05, 0) is 12.1 Å². The Morgan fingerprint density at radius 2 is 2.17 bits per heavy atom. The highest BCUT2D eigenvalue weighted by molar-refractivity contribution is 5.09. The maximum Gasteiger partial charge on any atom is 0.271 e. The van der Waals surface area contributed by atoms with E-state index >= 15 is 0 Å². The van der Waals surface area contributed by atoms with Gasteiger partial charge in [-0.2, -0.15) is 0 Å². The summed E-state index contributed by atoms with van der Waals surface area (Å²) in [5.74, 6) is 0.534. The summed E-state index contributed by atoms with van der Waals surface area (Å²) in [6.45, 7) is 1.84. The zero-order valence-corrected chi connectivity index (χ0v) is 6.63. The zero-order valence-electron chi connectivity index (χ0n) is 6.63. The molecule has 1 N–H and O–H groups in total. The first-order valence-corrected chi connectivity index (χ1v) is 3.70. The molecule has 0 amide bonds. The van der Waals surface area contributed by atoms with Gasteiger partial charge in [-0.25, -0.2) is 8.78 Å². The molecule has 1 unspecified atom stereocenters. The summed E-state index contributed by atoms with van der Waals surface area (Å²) >= 11 is 0. The molecular weight excluding hydrogens is 166 g/mol. The molecule has 0 aromatic carbocycles. The summed E-state index contributed by atoms with van der Waals surface area (Å²) in [6.07, 6.45) is -3.96. The predicted molar refractivity (Wildman–Crippen MR) is 39.0 cm³/mol. The Kier molecular flexibility index (Phi) is 2.81. The van der Waals surface area contributed by atoms with Crippen LogP contribution in [0.3, 0.4) is 0 Å². The molecule has 0 aliphatic heterocycles. The molecule has 68 valence electrons. The molecular formula is C8H10F2O2. The maximum atomic E-state index is 11.9. The number of aryl methyl sites for hydroxylation is 1. The lowest BCUT2D eigenvalue weighted by Gasteiger charge is -2.04. The van der Waals surface area contributed by atoms with Crippen molar-refractivity contribution in [2.75, 3.05) is 0 Å². The quantitative estimate of drug-likeness (QED) is 0.765. The lowest BCUT2D eigenvalue weighted by Crippen LogP contribution is -2.06. The van der Waals surface area contributed by atoms with Crippen LogP contribution in [0.4, 0.5) is 8.78 Å². The molecule has 0 aliphatic carbocycles. The van der Waals surface area contributed by atoms with Crippen molar-refractivity contribution < 1.29 is 18.3 Å². The van der Waals surface area contributed by atoms with Crippen LogP contribution in [-0.2, 0) is 6.42 Å². The lowest BCUT2D eigenvalue weighted by molar-refractivity contribution is -0.0181. The summed E-state index contributed by atoms with van der Waals surface area (Å²) in [5.41, 5.74) is 0. The van der Waals surface area contributed by atoms with Gasteiger partial charge in [0, 0.05) is 6.42 Å². The summed E-state index contributed by atoms with van der Waals surface area (Å²) in [5, 5.41) is 8.86. The number of halogens is 2. The predicted octanol–water partition coefficient (Wildman–Crippen LogP) is 2.14. The summed E-state index contributed by atoms with van der Waals surface area (Å²) in [6, 6.07) is 2.95. The second kappa shape index (κ2) is 3.67. The van der Waals surface area contributed by atoms with E-state index in [9.17, 15) is 8.78 Å². The molecule has 12 heavy (non-hydrogen) atoms. The molecule has 2 nitrogen and oxygen atoms in total. The van der Waals surface area contributed by atoms with Gasteiger partial charge in [0.15, 0.2) is 6.10 Å². The normalized spacial score (nSPS) is 13.8. The smallest absolute Gasteiger partial charge is 0.271 e. The average molecular weight is 176 g/mol. The summed E-state index contributed by atoms with van der Waals surface area (Å²) in [4.78, 5) is 0. The van der Waals surface area contributed by atoms with Crippen LogP contribution in [0.2, 0.25) is 0 Å².